The minimum Gasteiger partial charge on any atom is -0.248 e. The van der Waals surface area contributed by atoms with Crippen LogP contribution < -0.4 is 0 Å². The molecule has 21 heavy (non-hydrogen) atoms. The van der Waals surface area contributed by atoms with Crippen molar-refractivity contribution in [1.82, 2.24) is 4.98 Å². The summed E-state index contributed by atoms with van der Waals surface area (Å²) < 4.78 is 0. The fourth-order valence-corrected chi connectivity index (χ4v) is 2.72. The molecule has 0 aliphatic carbocycles. The van der Waals surface area contributed by atoms with Gasteiger partial charge in [-0.05, 0) is 35.6 Å². The van der Waals surface area contributed by atoms with Crippen molar-refractivity contribution in [3.8, 4) is 11.3 Å². The third-order valence-corrected chi connectivity index (χ3v) is 3.84. The van der Waals surface area contributed by atoms with E-state index in [1.807, 2.05) is 6.07 Å². The van der Waals surface area contributed by atoms with E-state index in [0.29, 0.717) is 0 Å². The standard InChI is InChI=1S/C20H21N/c1-14-10-11-16-17(20(2,3)4)13-18(21-19(16)12-14)15-8-6-5-7-9-15/h5-13H,1-4H3. The van der Waals surface area contributed by atoms with Gasteiger partial charge in [-0.15, -0.1) is 0 Å². The van der Waals surface area contributed by atoms with E-state index in [4.69, 9.17) is 4.98 Å². The van der Waals surface area contributed by atoms with Gasteiger partial charge in [0.2, 0.25) is 0 Å². The summed E-state index contributed by atoms with van der Waals surface area (Å²) in [6, 6.07) is 19.2. The Morgan fingerprint density at radius 1 is 0.857 bits per heavy atom. The van der Waals surface area contributed by atoms with Crippen molar-refractivity contribution in [3.63, 3.8) is 0 Å². The summed E-state index contributed by atoms with van der Waals surface area (Å²) in [5.41, 5.74) is 6.01. The summed E-state index contributed by atoms with van der Waals surface area (Å²) >= 11 is 0. The molecule has 0 aliphatic rings. The highest BCUT2D eigenvalue weighted by Gasteiger charge is 2.19. The minimum atomic E-state index is 0.0972. The van der Waals surface area contributed by atoms with Crippen LogP contribution in [0.25, 0.3) is 22.2 Å². The average molecular weight is 275 g/mol. The summed E-state index contributed by atoms with van der Waals surface area (Å²) in [5, 5.41) is 1.26. The third kappa shape index (κ3) is 2.69. The van der Waals surface area contributed by atoms with E-state index in [0.717, 1.165) is 11.2 Å². The lowest BCUT2D eigenvalue weighted by Gasteiger charge is -2.22. The monoisotopic (exact) mass is 275 g/mol. The van der Waals surface area contributed by atoms with Gasteiger partial charge < -0.3 is 0 Å². The average Bonchev–Trinajstić information content (AvgIpc) is 2.45. The fraction of sp³-hybridized carbons (Fsp3) is 0.250. The smallest absolute Gasteiger partial charge is 0.0715 e. The van der Waals surface area contributed by atoms with Crippen LogP contribution in [0.4, 0.5) is 0 Å². The Balaban J connectivity index is 2.33. The molecule has 1 heterocycles. The largest absolute Gasteiger partial charge is 0.248 e. The summed E-state index contributed by atoms with van der Waals surface area (Å²) in [6.07, 6.45) is 0. The van der Waals surface area contributed by atoms with E-state index >= 15 is 0 Å². The van der Waals surface area contributed by atoms with Crippen LogP contribution in [0.5, 0.6) is 0 Å². The number of nitrogens with zero attached hydrogens (tertiary/aromatic N) is 1. The Hall–Kier alpha value is -2.15. The Morgan fingerprint density at radius 2 is 1.57 bits per heavy atom. The summed E-state index contributed by atoms with van der Waals surface area (Å²) in [7, 11) is 0. The first kappa shape index (κ1) is 13.8. The predicted octanol–water partition coefficient (Wildman–Crippen LogP) is 5.51. The highest BCUT2D eigenvalue weighted by Crippen LogP contribution is 2.33. The molecule has 106 valence electrons. The first-order valence-corrected chi connectivity index (χ1v) is 7.42. The predicted molar refractivity (Wildman–Crippen MR) is 90.6 cm³/mol. The van der Waals surface area contributed by atoms with Gasteiger partial charge in [0.15, 0.2) is 0 Å². The topological polar surface area (TPSA) is 12.9 Å². The molecule has 0 fully saturated rings. The van der Waals surface area contributed by atoms with Gasteiger partial charge in [-0.1, -0.05) is 63.2 Å². The Morgan fingerprint density at radius 3 is 2.24 bits per heavy atom. The van der Waals surface area contributed by atoms with Gasteiger partial charge in [0, 0.05) is 10.9 Å². The Bertz CT molecular complexity index is 780. The van der Waals surface area contributed by atoms with Crippen LogP contribution in [0.1, 0.15) is 31.9 Å². The highest BCUT2D eigenvalue weighted by molar-refractivity contribution is 5.86. The molecule has 0 saturated heterocycles. The molecule has 1 aromatic heterocycles. The molecule has 0 bridgehead atoms. The number of hydrogen-bond donors (Lipinski definition) is 0. The zero-order valence-electron chi connectivity index (χ0n) is 13.1. The quantitative estimate of drug-likeness (QED) is 0.571. The normalized spacial score (nSPS) is 11.8. The Labute approximate surface area is 126 Å². The fourth-order valence-electron chi connectivity index (χ4n) is 2.72. The van der Waals surface area contributed by atoms with Crippen LogP contribution in [0.15, 0.2) is 54.6 Å². The molecule has 0 radical (unpaired) electrons. The highest BCUT2D eigenvalue weighted by atomic mass is 14.7. The van der Waals surface area contributed by atoms with E-state index in [1.165, 1.54) is 22.1 Å². The number of pyridine rings is 1. The molecule has 0 saturated carbocycles. The Kier molecular flexibility index (Phi) is 3.29. The summed E-state index contributed by atoms with van der Waals surface area (Å²) in [6.45, 7) is 8.90. The van der Waals surface area contributed by atoms with E-state index < -0.39 is 0 Å². The number of aryl methyl sites for hydroxylation is 1. The van der Waals surface area contributed by atoms with Crippen molar-refractivity contribution < 1.29 is 0 Å². The molecule has 0 N–H and O–H groups in total. The van der Waals surface area contributed by atoms with Crippen LogP contribution >= 0.6 is 0 Å². The van der Waals surface area contributed by atoms with Crippen LogP contribution in [0.2, 0.25) is 0 Å². The maximum Gasteiger partial charge on any atom is 0.0715 e. The molecule has 0 unspecified atom stereocenters. The van der Waals surface area contributed by atoms with Gasteiger partial charge in [-0.25, -0.2) is 4.98 Å². The van der Waals surface area contributed by atoms with Gasteiger partial charge in [-0.2, -0.15) is 0 Å². The SMILES string of the molecule is Cc1ccc2c(C(C)(C)C)cc(-c3ccccc3)nc2c1. The van der Waals surface area contributed by atoms with Crippen LogP contribution in [-0.2, 0) is 5.41 Å². The van der Waals surface area contributed by atoms with E-state index in [9.17, 15) is 0 Å². The molecule has 2 aromatic carbocycles. The van der Waals surface area contributed by atoms with Crippen LogP contribution in [0, 0.1) is 6.92 Å². The zero-order chi connectivity index (χ0) is 15.0. The van der Waals surface area contributed by atoms with Gasteiger partial charge in [0.25, 0.3) is 0 Å². The van der Waals surface area contributed by atoms with Crippen molar-refractivity contribution in [2.75, 3.05) is 0 Å². The lowest BCUT2D eigenvalue weighted by atomic mass is 9.83. The van der Waals surface area contributed by atoms with Gasteiger partial charge >= 0.3 is 0 Å². The van der Waals surface area contributed by atoms with Crippen molar-refractivity contribution >= 4 is 10.9 Å². The third-order valence-electron chi connectivity index (χ3n) is 3.84. The molecule has 1 nitrogen and oxygen atoms in total. The zero-order valence-corrected chi connectivity index (χ0v) is 13.1. The van der Waals surface area contributed by atoms with Crippen molar-refractivity contribution in [3.05, 3.63) is 65.7 Å². The molecule has 3 rings (SSSR count). The summed E-state index contributed by atoms with van der Waals surface area (Å²) in [4.78, 5) is 4.88. The van der Waals surface area contributed by atoms with Gasteiger partial charge in [0.05, 0.1) is 11.2 Å². The maximum absolute atomic E-state index is 4.88. The number of aromatic nitrogens is 1. The van der Waals surface area contributed by atoms with Crippen molar-refractivity contribution in [1.29, 1.82) is 0 Å². The molecule has 0 amide bonds. The van der Waals surface area contributed by atoms with Crippen LogP contribution in [0.3, 0.4) is 0 Å². The first-order valence-electron chi connectivity index (χ1n) is 7.42. The number of benzene rings is 2. The second kappa shape index (κ2) is 5.00. The van der Waals surface area contributed by atoms with E-state index in [2.05, 4.69) is 76.2 Å². The van der Waals surface area contributed by atoms with Crippen molar-refractivity contribution in [2.45, 2.75) is 33.1 Å². The number of rotatable bonds is 1. The lowest BCUT2D eigenvalue weighted by molar-refractivity contribution is 0.595. The van der Waals surface area contributed by atoms with Gasteiger partial charge in [-0.3, -0.25) is 0 Å². The van der Waals surface area contributed by atoms with Crippen molar-refractivity contribution in [2.24, 2.45) is 0 Å². The molecule has 1 heteroatoms. The summed E-state index contributed by atoms with van der Waals surface area (Å²) in [5.74, 6) is 0. The molecule has 0 aliphatic heterocycles. The molecule has 3 aromatic rings. The number of hydrogen-bond acceptors (Lipinski definition) is 1. The van der Waals surface area contributed by atoms with E-state index in [1.54, 1.807) is 0 Å². The van der Waals surface area contributed by atoms with Gasteiger partial charge in [0.1, 0.15) is 0 Å². The second-order valence-electron chi connectivity index (χ2n) is 6.69. The lowest BCUT2D eigenvalue weighted by Crippen LogP contribution is -2.12. The molecule has 0 spiro atoms. The molecular formula is C20H21N. The van der Waals surface area contributed by atoms with Crippen LogP contribution in [-0.4, -0.2) is 4.98 Å². The first-order chi connectivity index (χ1) is 9.95. The molecular weight excluding hydrogens is 254 g/mol. The minimum absolute atomic E-state index is 0.0972. The molecule has 0 atom stereocenters. The second-order valence-corrected chi connectivity index (χ2v) is 6.69. The van der Waals surface area contributed by atoms with E-state index in [-0.39, 0.29) is 5.41 Å². The number of fused-ring (bicyclic) bond motifs is 1. The maximum atomic E-state index is 4.88.